The van der Waals surface area contributed by atoms with Crippen LogP contribution in [-0.2, 0) is 7.05 Å². The third-order valence-electron chi connectivity index (χ3n) is 5.50. The summed E-state index contributed by atoms with van der Waals surface area (Å²) in [4.78, 5) is 22.7. The highest BCUT2D eigenvalue weighted by atomic mass is 19.1. The first-order valence-corrected chi connectivity index (χ1v) is 9.96. The van der Waals surface area contributed by atoms with E-state index in [0.717, 1.165) is 22.9 Å². The Balaban J connectivity index is 1.48. The molecular formula is C21H20FN7O3. The minimum atomic E-state index is -0.766. The smallest absolute Gasteiger partial charge is 0.277 e. The maximum atomic E-state index is 14.2. The average Bonchev–Trinajstić information content (AvgIpc) is 3.50. The van der Waals surface area contributed by atoms with E-state index < -0.39 is 17.8 Å². The van der Waals surface area contributed by atoms with Crippen LogP contribution < -0.4 is 16.0 Å². The Labute approximate surface area is 181 Å². The van der Waals surface area contributed by atoms with Gasteiger partial charge in [-0.05, 0) is 24.6 Å². The van der Waals surface area contributed by atoms with E-state index in [9.17, 15) is 14.3 Å². The molecule has 1 fully saturated rings. The van der Waals surface area contributed by atoms with Gasteiger partial charge in [0.2, 0.25) is 5.89 Å². The number of nitrogens with one attached hydrogen (secondary N) is 1. The highest BCUT2D eigenvalue weighted by Crippen LogP contribution is 2.34. The molecule has 1 aliphatic rings. The fraction of sp³-hybridized carbons (Fsp3) is 0.238. The molecule has 0 spiro atoms. The normalized spacial score (nSPS) is 16.1. The Morgan fingerprint density at radius 1 is 1.41 bits per heavy atom. The number of nitrogens with zero attached hydrogens (tertiary/aromatic N) is 5. The standard InChI is InChI=1S/C21H20FN7O3/c1-28-16-7-14(17(6-11(16)8-25-28)29-5-3-12(30)9-29)26-20(31)15-10-32-21(27-15)13-2-4-24-19(23)18(13)22/h2,4,6-8,10,12,30H,3,5,9H2,1H3,(H2,23,24)(H,26,31)/t12-/m0/s1. The van der Waals surface area contributed by atoms with Crippen molar-refractivity contribution in [2.75, 3.05) is 29.0 Å². The number of nitrogen functional groups attached to an aromatic ring is 1. The quantitative estimate of drug-likeness (QED) is 0.442. The van der Waals surface area contributed by atoms with Crippen LogP contribution in [0.5, 0.6) is 0 Å². The van der Waals surface area contributed by atoms with Gasteiger partial charge >= 0.3 is 0 Å². The minimum absolute atomic E-state index is 0.0135. The molecule has 5 rings (SSSR count). The van der Waals surface area contributed by atoms with Crippen LogP contribution in [0.3, 0.4) is 0 Å². The largest absolute Gasteiger partial charge is 0.444 e. The van der Waals surface area contributed by atoms with Crippen molar-refractivity contribution in [3.63, 3.8) is 0 Å². The van der Waals surface area contributed by atoms with Crippen molar-refractivity contribution in [1.82, 2.24) is 19.7 Å². The molecule has 32 heavy (non-hydrogen) atoms. The Morgan fingerprint density at radius 3 is 3.03 bits per heavy atom. The van der Waals surface area contributed by atoms with Gasteiger partial charge in [-0.25, -0.2) is 14.4 Å². The summed E-state index contributed by atoms with van der Waals surface area (Å²) in [7, 11) is 1.81. The van der Waals surface area contributed by atoms with Crippen LogP contribution in [0, 0.1) is 5.82 Å². The van der Waals surface area contributed by atoms with Crippen LogP contribution in [0.2, 0.25) is 0 Å². The number of halogens is 1. The van der Waals surface area contributed by atoms with Crippen LogP contribution in [0.1, 0.15) is 16.9 Å². The zero-order chi connectivity index (χ0) is 22.4. The lowest BCUT2D eigenvalue weighted by Gasteiger charge is -2.22. The van der Waals surface area contributed by atoms with Crippen LogP contribution in [0.4, 0.5) is 21.6 Å². The van der Waals surface area contributed by atoms with Gasteiger partial charge in [0.25, 0.3) is 5.91 Å². The molecule has 0 radical (unpaired) electrons. The first kappa shape index (κ1) is 19.9. The molecule has 4 heterocycles. The van der Waals surface area contributed by atoms with E-state index >= 15 is 0 Å². The summed E-state index contributed by atoms with van der Waals surface area (Å²) < 4.78 is 21.3. The number of carbonyl (C=O) groups is 1. The first-order valence-electron chi connectivity index (χ1n) is 9.96. The van der Waals surface area contributed by atoms with E-state index in [-0.39, 0.29) is 23.0 Å². The summed E-state index contributed by atoms with van der Waals surface area (Å²) in [5.41, 5.74) is 7.64. The second-order valence-corrected chi connectivity index (χ2v) is 7.63. The van der Waals surface area contributed by atoms with Crippen LogP contribution >= 0.6 is 0 Å². The Hall–Kier alpha value is -3.99. The number of oxazole rings is 1. The molecule has 0 unspecified atom stereocenters. The summed E-state index contributed by atoms with van der Waals surface area (Å²) in [6.45, 7) is 1.12. The number of rotatable bonds is 4. The summed E-state index contributed by atoms with van der Waals surface area (Å²) in [6.07, 6.45) is 4.45. The topological polar surface area (TPSA) is 135 Å². The third kappa shape index (κ3) is 3.42. The fourth-order valence-electron chi connectivity index (χ4n) is 3.82. The van der Waals surface area contributed by atoms with Gasteiger partial charge in [0, 0.05) is 31.7 Å². The molecular weight excluding hydrogens is 417 g/mol. The van der Waals surface area contributed by atoms with Gasteiger partial charge in [-0.3, -0.25) is 9.48 Å². The molecule has 10 nitrogen and oxygen atoms in total. The van der Waals surface area contributed by atoms with Crippen molar-refractivity contribution < 1.29 is 18.7 Å². The number of anilines is 3. The lowest BCUT2D eigenvalue weighted by atomic mass is 10.1. The number of nitrogens with two attached hydrogens (primary N) is 1. The number of aliphatic hydroxyl groups excluding tert-OH is 1. The predicted octanol–water partition coefficient (Wildman–Crippen LogP) is 2.17. The van der Waals surface area contributed by atoms with Crippen LogP contribution in [0.15, 0.2) is 41.3 Å². The van der Waals surface area contributed by atoms with Crippen LogP contribution in [-0.4, -0.2) is 50.0 Å². The SMILES string of the molecule is Cn1ncc2cc(N3CC[C@H](O)C3)c(NC(=O)c3coc(-c4ccnc(N)c4F)n3)cc21. The third-order valence-corrected chi connectivity index (χ3v) is 5.50. The number of carbonyl (C=O) groups excluding carboxylic acids is 1. The number of β-amino-alcohol motifs (C(OH)–C–C–N with tert-alkyl or cyclic N) is 1. The van der Waals surface area contributed by atoms with E-state index in [4.69, 9.17) is 10.2 Å². The molecule has 11 heteroatoms. The number of pyridine rings is 1. The Morgan fingerprint density at radius 2 is 2.25 bits per heavy atom. The number of amides is 1. The summed E-state index contributed by atoms with van der Waals surface area (Å²) >= 11 is 0. The van der Waals surface area contributed by atoms with Gasteiger partial charge in [-0.15, -0.1) is 0 Å². The molecule has 1 aromatic carbocycles. The van der Waals surface area contributed by atoms with Crippen molar-refractivity contribution in [2.45, 2.75) is 12.5 Å². The number of aryl methyl sites for hydroxylation is 1. The highest BCUT2D eigenvalue weighted by molar-refractivity contribution is 6.06. The monoisotopic (exact) mass is 437 g/mol. The first-order chi connectivity index (χ1) is 15.4. The van der Waals surface area contributed by atoms with Gasteiger partial charge in [0.05, 0.1) is 34.8 Å². The van der Waals surface area contributed by atoms with E-state index in [1.54, 1.807) is 10.9 Å². The van der Waals surface area contributed by atoms with Gasteiger partial charge in [-0.1, -0.05) is 0 Å². The van der Waals surface area contributed by atoms with Crippen molar-refractivity contribution in [3.8, 4) is 11.5 Å². The van der Waals surface area contributed by atoms with Gasteiger partial charge in [-0.2, -0.15) is 5.10 Å². The second kappa shape index (κ2) is 7.61. The summed E-state index contributed by atoms with van der Waals surface area (Å²) in [5, 5.41) is 18.0. The maximum Gasteiger partial charge on any atom is 0.277 e. The summed E-state index contributed by atoms with van der Waals surface area (Å²) in [6, 6.07) is 5.12. The lowest BCUT2D eigenvalue weighted by molar-refractivity contribution is 0.102. The molecule has 1 saturated heterocycles. The minimum Gasteiger partial charge on any atom is -0.444 e. The van der Waals surface area contributed by atoms with Crippen molar-refractivity contribution in [2.24, 2.45) is 7.05 Å². The van der Waals surface area contributed by atoms with E-state index in [0.29, 0.717) is 25.2 Å². The molecule has 4 aromatic rings. The van der Waals surface area contributed by atoms with Gasteiger partial charge < -0.3 is 25.5 Å². The average molecular weight is 437 g/mol. The van der Waals surface area contributed by atoms with Crippen molar-refractivity contribution in [3.05, 3.63) is 48.4 Å². The number of benzene rings is 1. The Kier molecular flexibility index (Phi) is 4.74. The molecule has 0 saturated carbocycles. The predicted molar refractivity (Wildman–Crippen MR) is 116 cm³/mol. The second-order valence-electron chi connectivity index (χ2n) is 7.63. The molecule has 4 N–H and O–H groups in total. The number of hydrogen-bond acceptors (Lipinski definition) is 8. The lowest BCUT2D eigenvalue weighted by Crippen LogP contribution is -2.23. The van der Waals surface area contributed by atoms with Gasteiger partial charge in [0.1, 0.15) is 6.26 Å². The fourth-order valence-corrected chi connectivity index (χ4v) is 3.82. The number of aromatic nitrogens is 4. The number of fused-ring (bicyclic) bond motifs is 1. The number of hydrogen-bond donors (Lipinski definition) is 3. The molecule has 0 aliphatic carbocycles. The van der Waals surface area contributed by atoms with Crippen LogP contribution in [0.25, 0.3) is 22.4 Å². The molecule has 1 atom stereocenters. The van der Waals surface area contributed by atoms with Crippen molar-refractivity contribution in [1.29, 1.82) is 0 Å². The van der Waals surface area contributed by atoms with E-state index in [1.165, 1.54) is 12.3 Å². The zero-order valence-electron chi connectivity index (χ0n) is 17.1. The summed E-state index contributed by atoms with van der Waals surface area (Å²) in [5.74, 6) is -1.65. The number of aliphatic hydroxyl groups is 1. The molecule has 164 valence electrons. The maximum absolute atomic E-state index is 14.2. The Bertz CT molecular complexity index is 1330. The molecule has 0 bridgehead atoms. The highest BCUT2D eigenvalue weighted by Gasteiger charge is 2.25. The van der Waals surface area contributed by atoms with E-state index in [2.05, 4.69) is 20.4 Å². The molecule has 1 aliphatic heterocycles. The van der Waals surface area contributed by atoms with E-state index in [1.807, 2.05) is 24.1 Å². The molecule has 1 amide bonds. The molecule has 3 aromatic heterocycles. The zero-order valence-corrected chi connectivity index (χ0v) is 17.1. The van der Waals surface area contributed by atoms with Crippen molar-refractivity contribution >= 4 is 34.0 Å². The van der Waals surface area contributed by atoms with Gasteiger partial charge in [0.15, 0.2) is 17.3 Å².